The van der Waals surface area contributed by atoms with Crippen molar-refractivity contribution in [3.63, 3.8) is 0 Å². The van der Waals surface area contributed by atoms with Crippen molar-refractivity contribution in [2.75, 3.05) is 4.90 Å². The van der Waals surface area contributed by atoms with E-state index in [2.05, 4.69) is 179 Å². The third-order valence-electron chi connectivity index (χ3n) is 10.5. The lowest BCUT2D eigenvalue weighted by Crippen LogP contribution is -2.11. The molecule has 0 bridgehead atoms. The molecule has 11 rings (SSSR count). The number of aromatic nitrogens is 1. The van der Waals surface area contributed by atoms with E-state index in [0.29, 0.717) is 0 Å². The van der Waals surface area contributed by atoms with Gasteiger partial charge >= 0.3 is 0 Å². The predicted octanol–water partition coefficient (Wildman–Crippen LogP) is 13.6. The summed E-state index contributed by atoms with van der Waals surface area (Å²) in [6.45, 7) is 0. The van der Waals surface area contributed by atoms with Crippen molar-refractivity contribution in [3.8, 4) is 5.69 Å². The van der Waals surface area contributed by atoms with E-state index >= 15 is 0 Å². The molecule has 2 heterocycles. The van der Waals surface area contributed by atoms with Crippen LogP contribution in [0.25, 0.3) is 81.7 Å². The standard InChI is InChI=1S/C48H30N2O/c1-2-12-34(13-3-1)50-43-18-8-6-15-39(43)42-17-10-19-44(48(42)50)49(36-26-28-41-40-16-7-9-20-45(40)51-46(41)30-36)35-25-27-38-33(29-35)24-23-32-22-21-31-11-4-5-14-37(31)47(32)38/h1-30H. The van der Waals surface area contributed by atoms with Crippen LogP contribution in [-0.2, 0) is 0 Å². The van der Waals surface area contributed by atoms with Gasteiger partial charge in [0.25, 0.3) is 0 Å². The monoisotopic (exact) mass is 650 g/mol. The van der Waals surface area contributed by atoms with Gasteiger partial charge in [-0.3, -0.25) is 0 Å². The fourth-order valence-electron chi connectivity index (χ4n) is 8.27. The molecule has 11 aromatic rings. The molecule has 0 radical (unpaired) electrons. The van der Waals surface area contributed by atoms with E-state index in [4.69, 9.17) is 4.42 Å². The van der Waals surface area contributed by atoms with Gasteiger partial charge in [-0.15, -0.1) is 0 Å². The fraction of sp³-hybridized carbons (Fsp3) is 0. The number of para-hydroxylation sites is 4. The van der Waals surface area contributed by atoms with Gasteiger partial charge < -0.3 is 13.9 Å². The Hall–Kier alpha value is -6.84. The van der Waals surface area contributed by atoms with E-state index in [9.17, 15) is 0 Å². The summed E-state index contributed by atoms with van der Waals surface area (Å²) in [7, 11) is 0. The minimum atomic E-state index is 0.868. The number of nitrogens with zero attached hydrogens (tertiary/aromatic N) is 2. The number of hydrogen-bond donors (Lipinski definition) is 0. The molecule has 0 aliphatic rings. The molecule has 3 heteroatoms. The van der Waals surface area contributed by atoms with E-state index in [0.717, 1.165) is 50.2 Å². The summed E-state index contributed by atoms with van der Waals surface area (Å²) in [6.07, 6.45) is 0. The van der Waals surface area contributed by atoms with Crippen molar-refractivity contribution < 1.29 is 4.42 Å². The first-order valence-corrected chi connectivity index (χ1v) is 17.4. The average Bonchev–Trinajstić information content (AvgIpc) is 3.74. The summed E-state index contributed by atoms with van der Waals surface area (Å²) in [5.41, 5.74) is 8.42. The Balaban J connectivity index is 1.23. The molecule has 51 heavy (non-hydrogen) atoms. The molecule has 0 atom stereocenters. The zero-order valence-electron chi connectivity index (χ0n) is 27.6. The Kier molecular flexibility index (Phi) is 5.96. The number of hydrogen-bond acceptors (Lipinski definition) is 2. The number of rotatable bonds is 4. The van der Waals surface area contributed by atoms with Crippen LogP contribution in [-0.4, -0.2) is 4.57 Å². The summed E-state index contributed by atoms with van der Waals surface area (Å²) >= 11 is 0. The molecule has 0 N–H and O–H groups in total. The quantitative estimate of drug-likeness (QED) is 0.177. The first-order chi connectivity index (χ1) is 25.3. The van der Waals surface area contributed by atoms with Gasteiger partial charge in [-0.25, -0.2) is 0 Å². The normalized spacial score (nSPS) is 11.9. The molecule has 0 saturated heterocycles. The summed E-state index contributed by atoms with van der Waals surface area (Å²) in [4.78, 5) is 2.40. The summed E-state index contributed by atoms with van der Waals surface area (Å²) in [6, 6.07) is 65.6. The van der Waals surface area contributed by atoms with Crippen molar-refractivity contribution in [2.24, 2.45) is 0 Å². The second kappa shape index (κ2) is 10.8. The van der Waals surface area contributed by atoms with Crippen LogP contribution in [0.5, 0.6) is 0 Å². The van der Waals surface area contributed by atoms with Crippen molar-refractivity contribution >= 4 is 93.1 Å². The van der Waals surface area contributed by atoms with E-state index < -0.39 is 0 Å². The third kappa shape index (κ3) is 4.19. The predicted molar refractivity (Wildman–Crippen MR) is 215 cm³/mol. The van der Waals surface area contributed by atoms with Crippen LogP contribution >= 0.6 is 0 Å². The third-order valence-corrected chi connectivity index (χ3v) is 10.5. The van der Waals surface area contributed by atoms with Gasteiger partial charge in [0, 0.05) is 44.7 Å². The molecule has 0 unspecified atom stereocenters. The maximum absolute atomic E-state index is 6.47. The maximum Gasteiger partial charge on any atom is 0.137 e. The van der Waals surface area contributed by atoms with Gasteiger partial charge in [0.15, 0.2) is 0 Å². The van der Waals surface area contributed by atoms with Crippen molar-refractivity contribution in [1.29, 1.82) is 0 Å². The van der Waals surface area contributed by atoms with Gasteiger partial charge in [0.1, 0.15) is 11.2 Å². The second-order valence-electron chi connectivity index (χ2n) is 13.3. The zero-order chi connectivity index (χ0) is 33.5. The molecular weight excluding hydrogens is 621 g/mol. The number of fused-ring (bicyclic) bond motifs is 11. The highest BCUT2D eigenvalue weighted by Gasteiger charge is 2.23. The zero-order valence-corrected chi connectivity index (χ0v) is 27.6. The molecule has 0 amide bonds. The lowest BCUT2D eigenvalue weighted by Gasteiger charge is -2.27. The number of anilines is 3. The molecule has 238 valence electrons. The summed E-state index contributed by atoms with van der Waals surface area (Å²) in [5, 5.41) is 12.2. The fourth-order valence-corrected chi connectivity index (χ4v) is 8.27. The van der Waals surface area contributed by atoms with Crippen LogP contribution in [0, 0.1) is 0 Å². The van der Waals surface area contributed by atoms with Crippen molar-refractivity contribution in [1.82, 2.24) is 4.57 Å². The SMILES string of the molecule is c1ccc(-n2c3ccccc3c3cccc(N(c4ccc5c(ccc6ccc7ccccc7c65)c4)c4ccc5c(c4)oc4ccccc45)c32)cc1. The van der Waals surface area contributed by atoms with Crippen molar-refractivity contribution in [3.05, 3.63) is 182 Å². The summed E-state index contributed by atoms with van der Waals surface area (Å²) < 4.78 is 8.88. The lowest BCUT2D eigenvalue weighted by atomic mass is 9.96. The maximum atomic E-state index is 6.47. The minimum absolute atomic E-state index is 0.868. The molecule has 0 spiro atoms. The Morgan fingerprint density at radius 1 is 0.392 bits per heavy atom. The Bertz CT molecular complexity index is 3150. The highest BCUT2D eigenvalue weighted by atomic mass is 16.3. The van der Waals surface area contributed by atoms with Gasteiger partial charge in [-0.05, 0) is 86.9 Å². The Labute approximate surface area is 293 Å². The smallest absolute Gasteiger partial charge is 0.137 e. The molecular formula is C48H30N2O. The Morgan fingerprint density at radius 3 is 1.90 bits per heavy atom. The summed E-state index contributed by atoms with van der Waals surface area (Å²) in [5.74, 6) is 0. The Morgan fingerprint density at radius 2 is 1.02 bits per heavy atom. The number of benzene rings is 9. The average molecular weight is 651 g/mol. The second-order valence-corrected chi connectivity index (χ2v) is 13.3. The highest BCUT2D eigenvalue weighted by Crippen LogP contribution is 2.45. The van der Waals surface area contributed by atoms with Gasteiger partial charge in [0.2, 0.25) is 0 Å². The van der Waals surface area contributed by atoms with Gasteiger partial charge in [-0.2, -0.15) is 0 Å². The topological polar surface area (TPSA) is 21.3 Å². The van der Waals surface area contributed by atoms with Crippen LogP contribution in [0.1, 0.15) is 0 Å². The van der Waals surface area contributed by atoms with E-state index in [1.165, 1.54) is 48.6 Å². The molecule has 2 aromatic heterocycles. The van der Waals surface area contributed by atoms with E-state index in [1.54, 1.807) is 0 Å². The molecule has 9 aromatic carbocycles. The van der Waals surface area contributed by atoms with Crippen LogP contribution in [0.4, 0.5) is 17.1 Å². The van der Waals surface area contributed by atoms with Crippen LogP contribution in [0.15, 0.2) is 186 Å². The molecule has 0 aliphatic carbocycles. The molecule has 3 nitrogen and oxygen atoms in total. The van der Waals surface area contributed by atoms with Crippen LogP contribution in [0.3, 0.4) is 0 Å². The molecule has 0 fully saturated rings. The molecule has 0 aliphatic heterocycles. The largest absolute Gasteiger partial charge is 0.456 e. The first kappa shape index (κ1) is 28.0. The highest BCUT2D eigenvalue weighted by molar-refractivity contribution is 6.21. The van der Waals surface area contributed by atoms with Crippen LogP contribution in [0.2, 0.25) is 0 Å². The van der Waals surface area contributed by atoms with E-state index in [-0.39, 0.29) is 0 Å². The van der Waals surface area contributed by atoms with Crippen LogP contribution < -0.4 is 4.90 Å². The van der Waals surface area contributed by atoms with Gasteiger partial charge in [0.05, 0.1) is 16.7 Å². The van der Waals surface area contributed by atoms with E-state index in [1.807, 2.05) is 12.1 Å². The van der Waals surface area contributed by atoms with Gasteiger partial charge in [-0.1, -0.05) is 121 Å². The first-order valence-electron chi connectivity index (χ1n) is 17.4. The molecule has 0 saturated carbocycles. The number of furan rings is 1. The minimum Gasteiger partial charge on any atom is -0.456 e. The lowest BCUT2D eigenvalue weighted by molar-refractivity contribution is 0.669. The van der Waals surface area contributed by atoms with Crippen molar-refractivity contribution in [2.45, 2.75) is 0 Å².